The number of nitrogens with one attached hydrogen (secondary N) is 1. The van der Waals surface area contributed by atoms with Crippen LogP contribution in [0.5, 0.6) is 17.2 Å². The molecule has 144 valence electrons. The molecule has 1 amide bonds. The number of carbonyl (C=O) groups excluding carboxylic acids is 2. The smallest absolute Gasteiger partial charge is 0.340 e. The minimum Gasteiger partial charge on any atom is -0.494 e. The lowest BCUT2D eigenvalue weighted by Crippen LogP contribution is -2.17. The number of halogens is 1. The second-order valence-corrected chi connectivity index (χ2v) is 5.44. The third-order valence-corrected chi connectivity index (χ3v) is 3.78. The van der Waals surface area contributed by atoms with Gasteiger partial charge in [0.2, 0.25) is 5.91 Å². The van der Waals surface area contributed by atoms with E-state index in [1.54, 1.807) is 6.07 Å². The minimum absolute atomic E-state index is 0.0898. The Morgan fingerprint density at radius 2 is 1.56 bits per heavy atom. The molecule has 0 spiro atoms. The van der Waals surface area contributed by atoms with Gasteiger partial charge in [-0.2, -0.15) is 0 Å². The molecule has 1 N–H and O–H groups in total. The number of methoxy groups -OCH3 is 4. The van der Waals surface area contributed by atoms with Gasteiger partial charge in [-0.25, -0.2) is 9.18 Å². The number of amides is 1. The molecule has 7 nitrogen and oxygen atoms in total. The van der Waals surface area contributed by atoms with E-state index in [9.17, 15) is 14.0 Å². The third kappa shape index (κ3) is 4.66. The van der Waals surface area contributed by atoms with Crippen molar-refractivity contribution in [3.8, 4) is 17.2 Å². The number of esters is 1. The summed E-state index contributed by atoms with van der Waals surface area (Å²) in [5.74, 6) is -0.932. The van der Waals surface area contributed by atoms with Crippen LogP contribution in [0.3, 0.4) is 0 Å². The first kappa shape index (κ1) is 20.0. The monoisotopic (exact) mass is 377 g/mol. The summed E-state index contributed by atoms with van der Waals surface area (Å²) in [6, 6.07) is 7.10. The number of hydrogen-bond donors (Lipinski definition) is 1. The van der Waals surface area contributed by atoms with Crippen LogP contribution in [0, 0.1) is 5.82 Å². The molecule has 2 aromatic rings. The lowest BCUT2D eigenvalue weighted by atomic mass is 10.1. The van der Waals surface area contributed by atoms with Crippen molar-refractivity contribution in [3.05, 3.63) is 47.3 Å². The molecule has 0 unspecified atom stereocenters. The van der Waals surface area contributed by atoms with E-state index in [-0.39, 0.29) is 23.4 Å². The Morgan fingerprint density at radius 1 is 0.926 bits per heavy atom. The molecule has 27 heavy (non-hydrogen) atoms. The second kappa shape index (κ2) is 8.88. The van der Waals surface area contributed by atoms with E-state index in [1.165, 1.54) is 52.7 Å². The Hall–Kier alpha value is -3.29. The van der Waals surface area contributed by atoms with Crippen LogP contribution in [0.25, 0.3) is 0 Å². The summed E-state index contributed by atoms with van der Waals surface area (Å²) in [6.45, 7) is 0. The molecule has 0 atom stereocenters. The number of anilines is 1. The fraction of sp³-hybridized carbons (Fsp3) is 0.263. The Labute approximate surface area is 156 Å². The van der Waals surface area contributed by atoms with Gasteiger partial charge in [0.1, 0.15) is 0 Å². The zero-order valence-electron chi connectivity index (χ0n) is 15.4. The van der Waals surface area contributed by atoms with Gasteiger partial charge < -0.3 is 24.3 Å². The zero-order valence-corrected chi connectivity index (χ0v) is 15.4. The van der Waals surface area contributed by atoms with Crippen LogP contribution in [0.15, 0.2) is 30.3 Å². The molecule has 0 fully saturated rings. The first-order valence-corrected chi connectivity index (χ1v) is 7.90. The summed E-state index contributed by atoms with van der Waals surface area (Å²) in [4.78, 5) is 24.4. The van der Waals surface area contributed by atoms with Gasteiger partial charge in [0.15, 0.2) is 23.1 Å². The maximum atomic E-state index is 13.8. The van der Waals surface area contributed by atoms with E-state index in [0.29, 0.717) is 17.1 Å². The van der Waals surface area contributed by atoms with Gasteiger partial charge >= 0.3 is 5.97 Å². The molecule has 0 aliphatic heterocycles. The van der Waals surface area contributed by atoms with Gasteiger partial charge in [-0.1, -0.05) is 6.07 Å². The van der Waals surface area contributed by atoms with Gasteiger partial charge in [0.05, 0.1) is 46.1 Å². The van der Waals surface area contributed by atoms with Crippen LogP contribution in [-0.4, -0.2) is 40.3 Å². The molecule has 0 saturated carbocycles. The van der Waals surface area contributed by atoms with E-state index >= 15 is 0 Å². The molecular formula is C19H20FNO6. The van der Waals surface area contributed by atoms with Crippen molar-refractivity contribution in [2.75, 3.05) is 33.8 Å². The van der Waals surface area contributed by atoms with E-state index in [0.717, 1.165) is 0 Å². The molecule has 2 aromatic carbocycles. The number of carbonyl (C=O) groups is 2. The van der Waals surface area contributed by atoms with Gasteiger partial charge in [-0.15, -0.1) is 0 Å². The maximum absolute atomic E-state index is 13.8. The average Bonchev–Trinajstić information content (AvgIpc) is 2.67. The zero-order chi connectivity index (χ0) is 20.0. The average molecular weight is 377 g/mol. The predicted octanol–water partition coefficient (Wildman–Crippen LogP) is 2.82. The summed E-state index contributed by atoms with van der Waals surface area (Å²) >= 11 is 0. The van der Waals surface area contributed by atoms with Gasteiger partial charge in [0.25, 0.3) is 0 Å². The molecule has 8 heteroatoms. The standard InChI is InChI=1S/C19H20FNO6/c1-24-15-6-5-11(7-13(15)20)8-18(22)21-14-10-17(26-3)16(25-2)9-12(14)19(23)27-4/h5-7,9-10H,8H2,1-4H3,(H,21,22). The van der Waals surface area contributed by atoms with Crippen molar-refractivity contribution < 1.29 is 32.9 Å². The predicted molar refractivity (Wildman–Crippen MR) is 96.2 cm³/mol. The van der Waals surface area contributed by atoms with Gasteiger partial charge in [0, 0.05) is 12.1 Å². The normalized spacial score (nSPS) is 10.1. The molecule has 2 rings (SSSR count). The van der Waals surface area contributed by atoms with Crippen LogP contribution in [-0.2, 0) is 16.0 Å². The Bertz CT molecular complexity index is 852. The molecule has 0 aliphatic carbocycles. The van der Waals surface area contributed by atoms with Crippen molar-refractivity contribution in [1.82, 2.24) is 0 Å². The first-order valence-electron chi connectivity index (χ1n) is 7.90. The summed E-state index contributed by atoms with van der Waals surface area (Å²) < 4.78 is 33.7. The van der Waals surface area contributed by atoms with Crippen LogP contribution in [0.2, 0.25) is 0 Å². The quantitative estimate of drug-likeness (QED) is 0.747. The van der Waals surface area contributed by atoms with Crippen LogP contribution in [0.4, 0.5) is 10.1 Å². The van der Waals surface area contributed by atoms with Crippen molar-refractivity contribution in [2.45, 2.75) is 6.42 Å². The van der Waals surface area contributed by atoms with Crippen molar-refractivity contribution >= 4 is 17.6 Å². The fourth-order valence-corrected chi connectivity index (χ4v) is 2.46. The summed E-state index contributed by atoms with van der Waals surface area (Å²) in [5.41, 5.74) is 0.744. The van der Waals surface area contributed by atoms with Gasteiger partial charge in [-0.05, 0) is 17.7 Å². The number of ether oxygens (including phenoxy) is 4. The topological polar surface area (TPSA) is 83.1 Å². The van der Waals surface area contributed by atoms with Crippen molar-refractivity contribution in [2.24, 2.45) is 0 Å². The highest BCUT2D eigenvalue weighted by Gasteiger charge is 2.19. The molecule has 0 aliphatic rings. The highest BCUT2D eigenvalue weighted by Crippen LogP contribution is 2.34. The molecule has 0 radical (unpaired) electrons. The van der Waals surface area contributed by atoms with Crippen molar-refractivity contribution in [1.29, 1.82) is 0 Å². The molecule has 0 bridgehead atoms. The lowest BCUT2D eigenvalue weighted by Gasteiger charge is -2.14. The lowest BCUT2D eigenvalue weighted by molar-refractivity contribution is -0.115. The third-order valence-electron chi connectivity index (χ3n) is 3.78. The number of rotatable bonds is 7. The highest BCUT2D eigenvalue weighted by atomic mass is 19.1. The van der Waals surface area contributed by atoms with Crippen LogP contribution in [0.1, 0.15) is 15.9 Å². The number of hydrogen-bond acceptors (Lipinski definition) is 6. The highest BCUT2D eigenvalue weighted by molar-refractivity contribution is 6.02. The molecule has 0 heterocycles. The van der Waals surface area contributed by atoms with Crippen molar-refractivity contribution in [3.63, 3.8) is 0 Å². The Balaban J connectivity index is 2.27. The molecular weight excluding hydrogens is 357 g/mol. The first-order chi connectivity index (χ1) is 12.9. The summed E-state index contributed by atoms with van der Waals surface area (Å²) in [5, 5.41) is 2.62. The second-order valence-electron chi connectivity index (χ2n) is 5.44. The Kier molecular flexibility index (Phi) is 6.59. The van der Waals surface area contributed by atoms with Crippen LogP contribution < -0.4 is 19.5 Å². The molecule has 0 saturated heterocycles. The molecule has 0 aromatic heterocycles. The number of benzene rings is 2. The largest absolute Gasteiger partial charge is 0.494 e. The maximum Gasteiger partial charge on any atom is 0.340 e. The van der Waals surface area contributed by atoms with E-state index < -0.39 is 17.7 Å². The summed E-state index contributed by atoms with van der Waals surface area (Å²) in [7, 11) is 5.44. The van der Waals surface area contributed by atoms with Crippen LogP contribution >= 0.6 is 0 Å². The Morgan fingerprint density at radius 3 is 2.11 bits per heavy atom. The van der Waals surface area contributed by atoms with E-state index in [4.69, 9.17) is 18.9 Å². The SMILES string of the molecule is COC(=O)c1cc(OC)c(OC)cc1NC(=O)Cc1ccc(OC)c(F)c1. The van der Waals surface area contributed by atoms with E-state index in [1.807, 2.05) is 0 Å². The van der Waals surface area contributed by atoms with E-state index in [2.05, 4.69) is 5.32 Å². The fourth-order valence-electron chi connectivity index (χ4n) is 2.46. The summed E-state index contributed by atoms with van der Waals surface area (Å²) in [6.07, 6.45) is -0.101. The van der Waals surface area contributed by atoms with Gasteiger partial charge in [-0.3, -0.25) is 4.79 Å². The minimum atomic E-state index is -0.651.